The van der Waals surface area contributed by atoms with Crippen LogP contribution in [0.1, 0.15) is 12.8 Å². The Morgan fingerprint density at radius 2 is 1.75 bits per heavy atom. The highest BCUT2D eigenvalue weighted by Crippen LogP contribution is 2.23. The van der Waals surface area contributed by atoms with Crippen LogP contribution in [-0.2, 0) is 14.8 Å². The fourth-order valence-corrected chi connectivity index (χ4v) is 4.44. The van der Waals surface area contributed by atoms with Gasteiger partial charge in [0.25, 0.3) is 0 Å². The molecule has 146 valence electrons. The standard InChI is InChI=1S/C20H22N4O3S/c1-28(26,27)23-12-10-15(11-13-23)20(25)22-16-6-8-17(9-7-16)24-14-21-18-4-2-3-5-19(18)24/h2-9,14-15H,10-13H2,1H3,(H,22,25). The van der Waals surface area contributed by atoms with Gasteiger partial charge in [-0.05, 0) is 49.2 Å². The van der Waals surface area contributed by atoms with Crippen molar-refractivity contribution in [2.24, 2.45) is 5.92 Å². The molecule has 0 spiro atoms. The van der Waals surface area contributed by atoms with Crippen molar-refractivity contribution < 1.29 is 13.2 Å². The number of piperidine rings is 1. The summed E-state index contributed by atoms with van der Waals surface area (Å²) in [6.07, 6.45) is 4.07. The predicted octanol–water partition coefficient (Wildman–Crippen LogP) is 2.64. The van der Waals surface area contributed by atoms with E-state index >= 15 is 0 Å². The molecule has 8 heteroatoms. The van der Waals surface area contributed by atoms with E-state index in [9.17, 15) is 13.2 Å². The predicted molar refractivity (Wildman–Crippen MR) is 109 cm³/mol. The number of hydrogen-bond donors (Lipinski definition) is 1. The second-order valence-electron chi connectivity index (χ2n) is 7.08. The summed E-state index contributed by atoms with van der Waals surface area (Å²) in [6, 6.07) is 15.5. The first-order valence-electron chi connectivity index (χ1n) is 9.20. The summed E-state index contributed by atoms with van der Waals surface area (Å²) < 4.78 is 26.6. The minimum Gasteiger partial charge on any atom is -0.326 e. The molecule has 2 aromatic carbocycles. The molecular weight excluding hydrogens is 376 g/mol. The molecule has 2 heterocycles. The number of amides is 1. The summed E-state index contributed by atoms with van der Waals surface area (Å²) in [5, 5.41) is 2.94. The molecule has 0 unspecified atom stereocenters. The second-order valence-corrected chi connectivity index (χ2v) is 9.06. The molecule has 1 saturated heterocycles. The number of fused-ring (bicyclic) bond motifs is 1. The normalized spacial score (nSPS) is 16.3. The van der Waals surface area contributed by atoms with Crippen molar-refractivity contribution in [3.05, 3.63) is 54.9 Å². The van der Waals surface area contributed by atoms with Crippen molar-refractivity contribution in [1.82, 2.24) is 13.9 Å². The Kier molecular flexibility index (Phi) is 4.91. The molecule has 1 aliphatic heterocycles. The highest BCUT2D eigenvalue weighted by molar-refractivity contribution is 7.88. The van der Waals surface area contributed by atoms with Gasteiger partial charge in [0.2, 0.25) is 15.9 Å². The molecule has 0 radical (unpaired) electrons. The first-order valence-corrected chi connectivity index (χ1v) is 11.1. The van der Waals surface area contributed by atoms with E-state index in [0.29, 0.717) is 25.9 Å². The Bertz CT molecular complexity index is 1100. The van der Waals surface area contributed by atoms with E-state index < -0.39 is 10.0 Å². The average molecular weight is 398 g/mol. The fourth-order valence-electron chi connectivity index (χ4n) is 3.56. The minimum absolute atomic E-state index is 0.0611. The van der Waals surface area contributed by atoms with Crippen LogP contribution in [0.5, 0.6) is 0 Å². The zero-order chi connectivity index (χ0) is 19.7. The van der Waals surface area contributed by atoms with Crippen LogP contribution in [0.3, 0.4) is 0 Å². The Hall–Kier alpha value is -2.71. The first kappa shape index (κ1) is 18.6. The number of carbonyl (C=O) groups excluding carboxylic acids is 1. The molecule has 0 aliphatic carbocycles. The van der Waals surface area contributed by atoms with Gasteiger partial charge in [0.1, 0.15) is 6.33 Å². The van der Waals surface area contributed by atoms with E-state index in [1.807, 2.05) is 53.1 Å². The molecule has 1 aliphatic rings. The minimum atomic E-state index is -3.18. The van der Waals surface area contributed by atoms with E-state index in [1.165, 1.54) is 10.6 Å². The number of nitrogens with zero attached hydrogens (tertiary/aromatic N) is 3. The van der Waals surface area contributed by atoms with Crippen molar-refractivity contribution in [2.75, 3.05) is 24.7 Å². The SMILES string of the molecule is CS(=O)(=O)N1CCC(C(=O)Nc2ccc(-n3cnc4ccccc43)cc2)CC1. The third-order valence-electron chi connectivity index (χ3n) is 5.16. The third kappa shape index (κ3) is 3.79. The molecule has 28 heavy (non-hydrogen) atoms. The van der Waals surface area contributed by atoms with Crippen LogP contribution in [0, 0.1) is 5.92 Å². The first-order chi connectivity index (χ1) is 13.4. The van der Waals surface area contributed by atoms with E-state index in [1.54, 1.807) is 6.33 Å². The van der Waals surface area contributed by atoms with Crippen molar-refractivity contribution >= 4 is 32.7 Å². The molecule has 1 N–H and O–H groups in total. The summed E-state index contributed by atoms with van der Waals surface area (Å²) >= 11 is 0. The molecular formula is C20H22N4O3S. The smallest absolute Gasteiger partial charge is 0.227 e. The molecule has 7 nitrogen and oxygen atoms in total. The van der Waals surface area contributed by atoms with Gasteiger partial charge in [-0.1, -0.05) is 12.1 Å². The number of carbonyl (C=O) groups is 1. The second kappa shape index (κ2) is 7.37. The number of sulfonamides is 1. The number of aromatic nitrogens is 2. The summed E-state index contributed by atoms with van der Waals surface area (Å²) in [5.74, 6) is -0.232. The van der Waals surface area contributed by atoms with Crippen molar-refractivity contribution in [3.63, 3.8) is 0 Å². The van der Waals surface area contributed by atoms with Gasteiger partial charge >= 0.3 is 0 Å². The third-order valence-corrected chi connectivity index (χ3v) is 6.46. The Morgan fingerprint density at radius 3 is 2.43 bits per heavy atom. The Morgan fingerprint density at radius 1 is 1.07 bits per heavy atom. The van der Waals surface area contributed by atoms with Crippen LogP contribution in [-0.4, -0.2) is 47.5 Å². The van der Waals surface area contributed by atoms with Gasteiger partial charge in [-0.2, -0.15) is 0 Å². The van der Waals surface area contributed by atoms with Crippen molar-refractivity contribution in [3.8, 4) is 5.69 Å². The van der Waals surface area contributed by atoms with Gasteiger partial charge < -0.3 is 5.32 Å². The fraction of sp³-hybridized carbons (Fsp3) is 0.300. The quantitative estimate of drug-likeness (QED) is 0.732. The Labute approximate surface area is 164 Å². The van der Waals surface area contributed by atoms with Gasteiger partial charge in [0.15, 0.2) is 0 Å². The van der Waals surface area contributed by atoms with Crippen molar-refractivity contribution in [2.45, 2.75) is 12.8 Å². The lowest BCUT2D eigenvalue weighted by atomic mass is 9.97. The largest absolute Gasteiger partial charge is 0.326 e. The van der Waals surface area contributed by atoms with E-state index in [0.717, 1.165) is 22.4 Å². The summed E-state index contributed by atoms with van der Waals surface area (Å²) in [5.41, 5.74) is 3.65. The maximum atomic E-state index is 12.5. The highest BCUT2D eigenvalue weighted by atomic mass is 32.2. The molecule has 1 fully saturated rings. The highest BCUT2D eigenvalue weighted by Gasteiger charge is 2.28. The van der Waals surface area contributed by atoms with Crippen molar-refractivity contribution in [1.29, 1.82) is 0 Å². The lowest BCUT2D eigenvalue weighted by Crippen LogP contribution is -2.40. The van der Waals surface area contributed by atoms with Crippen LogP contribution >= 0.6 is 0 Å². The zero-order valence-corrected chi connectivity index (χ0v) is 16.4. The molecule has 0 atom stereocenters. The topological polar surface area (TPSA) is 84.3 Å². The van der Waals surface area contributed by atoms with Crippen LogP contribution < -0.4 is 5.32 Å². The number of imidazole rings is 1. The molecule has 1 amide bonds. The van der Waals surface area contributed by atoms with Crippen LogP contribution in [0.2, 0.25) is 0 Å². The summed E-state index contributed by atoms with van der Waals surface area (Å²) in [6.45, 7) is 0.785. The van der Waals surface area contributed by atoms with Gasteiger partial charge in [-0.25, -0.2) is 17.7 Å². The van der Waals surface area contributed by atoms with Gasteiger partial charge in [-0.3, -0.25) is 9.36 Å². The number of para-hydroxylation sites is 2. The lowest BCUT2D eigenvalue weighted by molar-refractivity contribution is -0.120. The average Bonchev–Trinajstić information content (AvgIpc) is 3.12. The Balaban J connectivity index is 1.42. The lowest BCUT2D eigenvalue weighted by Gasteiger charge is -2.29. The number of anilines is 1. The number of benzene rings is 2. The molecule has 3 aromatic rings. The van der Waals surface area contributed by atoms with Gasteiger partial charge in [0, 0.05) is 30.4 Å². The monoisotopic (exact) mass is 398 g/mol. The van der Waals surface area contributed by atoms with E-state index in [-0.39, 0.29) is 11.8 Å². The zero-order valence-electron chi connectivity index (χ0n) is 15.6. The maximum absolute atomic E-state index is 12.5. The number of nitrogens with one attached hydrogen (secondary N) is 1. The molecule has 0 bridgehead atoms. The molecule has 1 aromatic heterocycles. The van der Waals surface area contributed by atoms with E-state index in [2.05, 4.69) is 10.3 Å². The molecule has 0 saturated carbocycles. The summed E-state index contributed by atoms with van der Waals surface area (Å²) in [7, 11) is -3.18. The van der Waals surface area contributed by atoms with Crippen LogP contribution in [0.25, 0.3) is 16.7 Å². The van der Waals surface area contributed by atoms with E-state index in [4.69, 9.17) is 0 Å². The van der Waals surface area contributed by atoms with Crippen LogP contribution in [0.4, 0.5) is 5.69 Å². The number of hydrogen-bond acceptors (Lipinski definition) is 4. The van der Waals surface area contributed by atoms with Gasteiger partial charge in [-0.15, -0.1) is 0 Å². The summed E-state index contributed by atoms with van der Waals surface area (Å²) in [4.78, 5) is 16.9. The van der Waals surface area contributed by atoms with Gasteiger partial charge in [0.05, 0.1) is 17.3 Å². The molecule has 4 rings (SSSR count). The van der Waals surface area contributed by atoms with Crippen LogP contribution in [0.15, 0.2) is 54.9 Å². The number of rotatable bonds is 4. The maximum Gasteiger partial charge on any atom is 0.227 e.